The normalized spacial score (nSPS) is 33.3. The molecule has 0 aromatic heterocycles. The molecule has 12 nitrogen and oxygen atoms in total. The van der Waals surface area contributed by atoms with Crippen molar-refractivity contribution in [1.82, 2.24) is 0 Å². The zero-order chi connectivity index (χ0) is 62.0. The highest BCUT2D eigenvalue weighted by molar-refractivity contribution is 14.1. The van der Waals surface area contributed by atoms with Gasteiger partial charge < -0.3 is 47.2 Å². The van der Waals surface area contributed by atoms with Crippen molar-refractivity contribution in [1.29, 1.82) is 0 Å². The van der Waals surface area contributed by atoms with Gasteiger partial charge in [-0.05, 0) is 163 Å². The van der Waals surface area contributed by atoms with E-state index in [1.54, 1.807) is 24.3 Å². The summed E-state index contributed by atoms with van der Waals surface area (Å²) < 4.78 is 91.9. The Hall–Kier alpha value is -0.629. The van der Waals surface area contributed by atoms with E-state index in [2.05, 4.69) is 171 Å². The standard InChI is InChI=1S/C66H115IO12SSi3/c1-22-42(2)37-55-46(6)58(57(75-55)41-56-45(5)43(3)38-48(73-56)30-32-52-44(4)39-47(72-52)27-26-36-68)63(80(70,71)50-28-24-23-25-29-50)51(69)40-49-31-33-53-59(74-49)61(78-82(18,19)65(10,11)12)62(79-83(20,21)66(13,14)15)60(76-53)54(34-35-67)77-81(16,17)64(7,8)9/h23-25,28-29,34-35,42-43,46-49,51-63,68-69H,4-5,22,26-27,30-33,36-41H2,1-3,6-21H3/b35-34+/t42-,43-,46+,47+,48+,49?,51?,52?,53+,54+,55-,56?,57+,58-,59+,60+,61+,62-,63?/m1/s1. The van der Waals surface area contributed by atoms with Crippen LogP contribution >= 0.6 is 22.6 Å². The SMILES string of the molecule is C=C1C[C@H](CCCO)OC1CC[C@H]1C[C@@H](C)C(=C)C(C[C@@H]2O[C@H](C[C@H](C)CC)[C@H](C)[C@H]2C(C(O)CC2CC[C@@H]3O[C@@H]([C@H](/C=C/I)O[Si](C)(C)C(C)(C)C)[C@@H](O[Si](C)(C)C(C)(C)C)[C@@H](O[Si](C)(C)C(C)(C)C)[C@H]3O2)S(=O)(=O)c2ccccc2)O1. The smallest absolute Gasteiger partial charge is 0.193 e. The number of halogens is 1. The van der Waals surface area contributed by atoms with Gasteiger partial charge in [-0.1, -0.05) is 150 Å². The fourth-order valence-corrected chi connectivity index (χ4v) is 19.2. The third-order valence-electron chi connectivity index (χ3n) is 21.3. The molecule has 17 heteroatoms. The monoisotopic (exact) mass is 1340 g/mol. The Morgan fingerprint density at radius 3 is 1.94 bits per heavy atom. The minimum absolute atomic E-state index is 0.0483. The van der Waals surface area contributed by atoms with Gasteiger partial charge in [-0.3, -0.25) is 0 Å². The minimum Gasteiger partial charge on any atom is -0.408 e. The van der Waals surface area contributed by atoms with Crippen molar-refractivity contribution < 1.29 is 55.6 Å². The second-order valence-corrected chi connectivity index (χ2v) is 47.7. The van der Waals surface area contributed by atoms with Gasteiger partial charge in [0.2, 0.25) is 0 Å². The lowest BCUT2D eigenvalue weighted by Gasteiger charge is -2.56. The molecule has 476 valence electrons. The molecule has 5 aliphatic heterocycles. The van der Waals surface area contributed by atoms with Crippen LogP contribution in [0.5, 0.6) is 0 Å². The number of hydrogen-bond donors (Lipinski definition) is 2. The quantitative estimate of drug-likeness (QED) is 0.0545. The van der Waals surface area contributed by atoms with Gasteiger partial charge in [0.15, 0.2) is 34.8 Å². The average molecular weight is 1340 g/mol. The van der Waals surface area contributed by atoms with Gasteiger partial charge in [0.1, 0.15) is 24.4 Å². The molecule has 5 fully saturated rings. The fourth-order valence-electron chi connectivity index (χ4n) is 12.7. The minimum atomic E-state index is -4.19. The Bertz CT molecular complexity index is 2400. The van der Waals surface area contributed by atoms with Crippen LogP contribution in [-0.4, -0.2) is 141 Å². The maximum Gasteiger partial charge on any atom is 0.193 e. The highest BCUT2D eigenvalue weighted by Gasteiger charge is 2.59. The first kappa shape index (κ1) is 71.4. The van der Waals surface area contributed by atoms with E-state index in [4.69, 9.17) is 37.0 Å². The van der Waals surface area contributed by atoms with Crippen molar-refractivity contribution >= 4 is 57.4 Å². The van der Waals surface area contributed by atoms with E-state index in [1.807, 2.05) is 10.1 Å². The van der Waals surface area contributed by atoms with Gasteiger partial charge in [0, 0.05) is 25.4 Å². The number of hydrogen-bond acceptors (Lipinski definition) is 12. The predicted octanol–water partition coefficient (Wildman–Crippen LogP) is 15.5. The van der Waals surface area contributed by atoms with Crippen molar-refractivity contribution in [2.45, 2.75) is 317 Å². The molecule has 2 N–H and O–H groups in total. The summed E-state index contributed by atoms with van der Waals surface area (Å²) >= 11 is 2.30. The number of sulfone groups is 1. The lowest BCUT2D eigenvalue weighted by molar-refractivity contribution is -0.268. The second-order valence-electron chi connectivity index (χ2n) is 30.6. The maximum atomic E-state index is 15.8. The largest absolute Gasteiger partial charge is 0.408 e. The average Bonchev–Trinajstić information content (AvgIpc) is 2.21. The molecule has 0 aliphatic carbocycles. The van der Waals surface area contributed by atoms with E-state index < -0.39 is 94.8 Å². The highest BCUT2D eigenvalue weighted by atomic mass is 127. The van der Waals surface area contributed by atoms with Crippen LogP contribution < -0.4 is 0 Å². The molecule has 5 saturated heterocycles. The van der Waals surface area contributed by atoms with Crippen LogP contribution in [0.4, 0.5) is 0 Å². The third-order valence-corrected chi connectivity index (χ3v) is 37.4. The summed E-state index contributed by atoms with van der Waals surface area (Å²) in [6, 6.07) is 8.68. The molecule has 5 aliphatic rings. The first-order chi connectivity index (χ1) is 38.4. The predicted molar refractivity (Wildman–Crippen MR) is 354 cm³/mol. The summed E-state index contributed by atoms with van der Waals surface area (Å²) in [6.45, 7) is 52.0. The molecule has 6 rings (SSSR count). The van der Waals surface area contributed by atoms with Gasteiger partial charge >= 0.3 is 0 Å². The lowest BCUT2D eigenvalue weighted by Crippen LogP contribution is -2.69. The molecule has 0 radical (unpaired) electrons. The molecule has 19 atom stereocenters. The molecule has 83 heavy (non-hydrogen) atoms. The van der Waals surface area contributed by atoms with Crippen LogP contribution in [0.25, 0.3) is 0 Å². The summed E-state index contributed by atoms with van der Waals surface area (Å²) in [5.74, 6) is -0.281. The van der Waals surface area contributed by atoms with Gasteiger partial charge in [-0.2, -0.15) is 0 Å². The van der Waals surface area contributed by atoms with Crippen LogP contribution in [0.15, 0.2) is 69.7 Å². The van der Waals surface area contributed by atoms with Gasteiger partial charge in [0.05, 0.1) is 71.2 Å². The Balaban J connectivity index is 1.38. The molecular formula is C66H115IO12SSi3. The molecule has 0 amide bonds. The molecule has 1 aromatic carbocycles. The zero-order valence-corrected chi connectivity index (χ0v) is 60.9. The van der Waals surface area contributed by atoms with E-state index in [9.17, 15) is 10.2 Å². The summed E-state index contributed by atoms with van der Waals surface area (Å²) in [7, 11) is -11.7. The van der Waals surface area contributed by atoms with Crippen LogP contribution in [-0.2, 0) is 46.8 Å². The molecule has 0 bridgehead atoms. The zero-order valence-electron chi connectivity index (χ0n) is 54.9. The number of aliphatic hydroxyl groups is 2. The Morgan fingerprint density at radius 2 is 1.36 bits per heavy atom. The molecule has 1 aromatic rings. The van der Waals surface area contributed by atoms with Crippen molar-refractivity contribution in [2.24, 2.45) is 23.7 Å². The van der Waals surface area contributed by atoms with Gasteiger partial charge in [-0.25, -0.2) is 8.42 Å². The lowest BCUT2D eigenvalue weighted by atomic mass is 9.77. The van der Waals surface area contributed by atoms with Crippen molar-refractivity contribution in [3.05, 3.63) is 64.8 Å². The topological polar surface area (TPSA) is 148 Å². The Morgan fingerprint density at radius 1 is 0.759 bits per heavy atom. The van der Waals surface area contributed by atoms with Crippen molar-refractivity contribution in [3.63, 3.8) is 0 Å². The third kappa shape index (κ3) is 17.3. The first-order valence-corrected chi connectivity index (χ1v) is 43.4. The van der Waals surface area contributed by atoms with E-state index >= 15 is 8.42 Å². The number of rotatable bonds is 25. The van der Waals surface area contributed by atoms with Gasteiger partial charge in [0.25, 0.3) is 0 Å². The highest BCUT2D eigenvalue weighted by Crippen LogP contribution is 2.50. The van der Waals surface area contributed by atoms with E-state index in [1.165, 1.54) is 0 Å². The van der Waals surface area contributed by atoms with Crippen molar-refractivity contribution in [3.8, 4) is 0 Å². The molecule has 0 saturated carbocycles. The van der Waals surface area contributed by atoms with E-state index in [0.29, 0.717) is 31.6 Å². The summed E-state index contributed by atoms with van der Waals surface area (Å²) in [4.78, 5) is 0.182. The van der Waals surface area contributed by atoms with Gasteiger partial charge in [-0.15, -0.1) is 0 Å². The maximum absolute atomic E-state index is 15.8. The number of ether oxygens (including phenoxy) is 5. The summed E-state index contributed by atoms with van der Waals surface area (Å²) in [5.41, 5.74) is 2.09. The summed E-state index contributed by atoms with van der Waals surface area (Å²) in [6.07, 6.45) is 4.30. The Labute approximate surface area is 521 Å². The van der Waals surface area contributed by atoms with Crippen LogP contribution in [0.1, 0.15) is 167 Å². The molecule has 5 heterocycles. The first-order valence-electron chi connectivity index (χ1n) is 31.9. The molecule has 0 spiro atoms. The van der Waals surface area contributed by atoms with Crippen LogP contribution in [0, 0.1) is 23.7 Å². The second kappa shape index (κ2) is 28.7. The fraction of sp³-hybridized carbons (Fsp3) is 0.818. The summed E-state index contributed by atoms with van der Waals surface area (Å²) in [5, 5.41) is 21.2. The number of aliphatic hydroxyl groups excluding tert-OH is 2. The van der Waals surface area contributed by atoms with Crippen LogP contribution in [0.2, 0.25) is 54.4 Å². The molecule has 5 unspecified atom stereocenters. The van der Waals surface area contributed by atoms with Crippen molar-refractivity contribution in [2.75, 3.05) is 6.61 Å². The number of fused-ring (bicyclic) bond motifs is 1. The Kier molecular flexibility index (Phi) is 24.7. The van der Waals surface area contributed by atoms with E-state index in [0.717, 1.165) is 56.1 Å². The van der Waals surface area contributed by atoms with E-state index in [-0.39, 0.29) is 81.5 Å². The number of benzene rings is 1. The van der Waals surface area contributed by atoms with Crippen LogP contribution in [0.3, 0.4) is 0 Å². The molecular weight excluding hydrogens is 1230 g/mol.